The lowest BCUT2D eigenvalue weighted by Crippen LogP contribution is -2.67. The van der Waals surface area contributed by atoms with Gasteiger partial charge in [0.1, 0.15) is 12.4 Å². The van der Waals surface area contributed by atoms with Crippen molar-refractivity contribution in [2.24, 2.45) is 0 Å². The number of aromatic amines is 1. The molecule has 0 spiro atoms. The first kappa shape index (κ1) is 28.1. The predicted molar refractivity (Wildman–Crippen MR) is 159 cm³/mol. The van der Waals surface area contributed by atoms with E-state index in [-0.39, 0.29) is 41.4 Å². The topological polar surface area (TPSA) is 74.9 Å². The fourth-order valence-electron chi connectivity index (χ4n) is 6.32. The molecule has 1 aromatic heterocycles. The van der Waals surface area contributed by atoms with E-state index in [1.165, 1.54) is 17.0 Å². The Morgan fingerprint density at radius 2 is 1.86 bits per heavy atom. The van der Waals surface area contributed by atoms with Gasteiger partial charge in [-0.25, -0.2) is 4.39 Å². The second-order valence-corrected chi connectivity index (χ2v) is 11.3. The molecule has 9 heteroatoms. The van der Waals surface area contributed by atoms with Crippen LogP contribution in [0.3, 0.4) is 0 Å². The third-order valence-corrected chi connectivity index (χ3v) is 8.71. The Morgan fingerprint density at radius 1 is 1.05 bits per heavy atom. The van der Waals surface area contributed by atoms with Crippen LogP contribution in [0.1, 0.15) is 55.5 Å². The number of nitrogens with zero attached hydrogens (tertiary/aromatic N) is 2. The number of benzene rings is 3. The predicted octanol–water partition coefficient (Wildman–Crippen LogP) is 6.38. The van der Waals surface area contributed by atoms with Crippen LogP contribution in [0.15, 0.2) is 60.7 Å². The number of carbonyl (C=O) groups excluding carboxylic acids is 2. The van der Waals surface area contributed by atoms with E-state index in [4.69, 9.17) is 21.1 Å². The molecule has 7 nitrogen and oxygen atoms in total. The molecule has 1 unspecified atom stereocenters. The summed E-state index contributed by atoms with van der Waals surface area (Å²) in [7, 11) is 0. The van der Waals surface area contributed by atoms with Crippen LogP contribution in [0, 0.1) is 5.82 Å². The van der Waals surface area contributed by atoms with Gasteiger partial charge in [-0.2, -0.15) is 0 Å². The van der Waals surface area contributed by atoms with Crippen LogP contribution in [0.5, 0.6) is 11.5 Å². The van der Waals surface area contributed by atoms with Crippen LogP contribution in [0.25, 0.3) is 10.9 Å². The number of amides is 2. The number of carbonyl (C=O) groups is 2. The maximum absolute atomic E-state index is 14.7. The number of hydrogen-bond acceptors (Lipinski definition) is 4. The van der Waals surface area contributed by atoms with Crippen LogP contribution in [0.2, 0.25) is 5.02 Å². The second-order valence-electron chi connectivity index (χ2n) is 10.9. The molecule has 3 heterocycles. The number of piperazine rings is 1. The molecule has 2 atom stereocenters. The van der Waals surface area contributed by atoms with E-state index in [0.29, 0.717) is 37.0 Å². The molecule has 0 radical (unpaired) electrons. The molecule has 3 aromatic carbocycles. The van der Waals surface area contributed by atoms with E-state index in [1.807, 2.05) is 49.4 Å². The van der Waals surface area contributed by atoms with Crippen molar-refractivity contribution in [2.75, 3.05) is 26.3 Å². The van der Waals surface area contributed by atoms with Gasteiger partial charge < -0.3 is 24.3 Å². The molecule has 1 N–H and O–H groups in total. The van der Waals surface area contributed by atoms with Crippen molar-refractivity contribution in [1.29, 1.82) is 0 Å². The zero-order chi connectivity index (χ0) is 29.6. The Balaban J connectivity index is 1.47. The Morgan fingerprint density at radius 3 is 2.62 bits per heavy atom. The lowest BCUT2D eigenvalue weighted by Gasteiger charge is -2.51. The number of H-pyrrole nitrogens is 1. The van der Waals surface area contributed by atoms with Crippen LogP contribution >= 0.6 is 11.6 Å². The quantitative estimate of drug-likeness (QED) is 0.259. The maximum Gasteiger partial charge on any atom is 0.255 e. The highest BCUT2D eigenvalue weighted by Crippen LogP contribution is 2.49. The monoisotopic (exact) mass is 589 g/mol. The third-order valence-electron chi connectivity index (χ3n) is 8.36. The normalized spacial score (nSPS) is 20.1. The molecule has 2 aliphatic rings. The highest BCUT2D eigenvalue weighted by Gasteiger charge is 2.56. The molecule has 4 aromatic rings. The van der Waals surface area contributed by atoms with Gasteiger partial charge in [0.05, 0.1) is 25.5 Å². The average molecular weight is 590 g/mol. The number of ether oxygens (including phenoxy) is 2. The third kappa shape index (κ3) is 4.49. The molecule has 1 saturated heterocycles. The summed E-state index contributed by atoms with van der Waals surface area (Å²) in [6, 6.07) is 18.2. The molecule has 2 aliphatic heterocycles. The Hall–Kier alpha value is -4.04. The Kier molecular flexibility index (Phi) is 7.35. The van der Waals surface area contributed by atoms with Crippen LogP contribution in [0.4, 0.5) is 4.39 Å². The Bertz CT molecular complexity index is 1670. The van der Waals surface area contributed by atoms with Gasteiger partial charge in [0.25, 0.3) is 5.91 Å². The van der Waals surface area contributed by atoms with E-state index >= 15 is 0 Å². The Labute approximate surface area is 249 Å². The number of halogens is 2. The zero-order valence-electron chi connectivity index (χ0n) is 23.9. The van der Waals surface area contributed by atoms with Gasteiger partial charge in [0, 0.05) is 34.0 Å². The summed E-state index contributed by atoms with van der Waals surface area (Å²) in [6.45, 7) is 6.84. The van der Waals surface area contributed by atoms with Gasteiger partial charge in [-0.15, -0.1) is 0 Å². The molecule has 0 bridgehead atoms. The number of fused-ring (bicyclic) bond motifs is 5. The zero-order valence-corrected chi connectivity index (χ0v) is 24.6. The SMILES string of the molecule is CCCOc1ccc(C2CN3C(=O)CN(Cc4c(F)cccc4Cl)C(=O)[C@]3(C)c3[nH]c4ccccc4c32)cc1OCC. The molecular weight excluding hydrogens is 557 g/mol. The van der Waals surface area contributed by atoms with Gasteiger partial charge in [0.2, 0.25) is 5.91 Å². The fraction of sp³-hybridized carbons (Fsp3) is 0.333. The molecule has 42 heavy (non-hydrogen) atoms. The van der Waals surface area contributed by atoms with E-state index in [2.05, 4.69) is 11.9 Å². The van der Waals surface area contributed by atoms with E-state index in [0.717, 1.165) is 28.5 Å². The highest BCUT2D eigenvalue weighted by atomic mass is 35.5. The summed E-state index contributed by atoms with van der Waals surface area (Å²) >= 11 is 6.30. The first-order chi connectivity index (χ1) is 20.3. The minimum absolute atomic E-state index is 0.102. The van der Waals surface area contributed by atoms with Crippen LogP contribution in [-0.2, 0) is 21.7 Å². The van der Waals surface area contributed by atoms with Crippen LogP contribution < -0.4 is 9.47 Å². The molecule has 6 rings (SSSR count). The average Bonchev–Trinajstić information content (AvgIpc) is 3.38. The van der Waals surface area contributed by atoms with Gasteiger partial charge in [-0.05, 0) is 61.7 Å². The van der Waals surface area contributed by atoms with E-state index in [9.17, 15) is 14.0 Å². The standard InChI is InChI=1S/C33H33ClFN3O4/c1-4-15-42-27-14-13-20(16-28(27)41-5-2)22-18-38-29(39)19-37(17-23-24(34)10-8-11-25(23)35)32(40)33(38,3)31-30(22)21-9-6-7-12-26(21)36-31/h6-14,16,22,36H,4-5,15,17-19H2,1-3H3/t22?,33-/m0/s1. The number of hydrogen-bond donors (Lipinski definition) is 1. The lowest BCUT2D eigenvalue weighted by atomic mass is 9.76. The molecule has 218 valence electrons. The van der Waals surface area contributed by atoms with Gasteiger partial charge >= 0.3 is 0 Å². The van der Waals surface area contributed by atoms with Crippen molar-refractivity contribution in [3.8, 4) is 11.5 Å². The van der Waals surface area contributed by atoms with Crippen molar-refractivity contribution in [3.05, 3.63) is 93.9 Å². The van der Waals surface area contributed by atoms with E-state index in [1.54, 1.807) is 17.9 Å². The van der Waals surface area contributed by atoms with Gasteiger partial charge in [-0.1, -0.05) is 48.9 Å². The van der Waals surface area contributed by atoms with Crippen molar-refractivity contribution in [2.45, 2.75) is 45.2 Å². The summed E-state index contributed by atoms with van der Waals surface area (Å²) in [5.41, 5.74) is 2.32. The number of rotatable bonds is 8. The molecule has 1 fully saturated rings. The fourth-order valence-corrected chi connectivity index (χ4v) is 6.54. The van der Waals surface area contributed by atoms with Gasteiger partial charge in [0.15, 0.2) is 17.0 Å². The minimum Gasteiger partial charge on any atom is -0.490 e. The number of aromatic nitrogens is 1. The van der Waals surface area contributed by atoms with Crippen molar-refractivity contribution < 1.29 is 23.5 Å². The smallest absolute Gasteiger partial charge is 0.255 e. The molecule has 2 amide bonds. The van der Waals surface area contributed by atoms with Crippen molar-refractivity contribution in [1.82, 2.24) is 14.8 Å². The van der Waals surface area contributed by atoms with E-state index < -0.39 is 11.4 Å². The second kappa shape index (κ2) is 11.0. The van der Waals surface area contributed by atoms with Crippen molar-refractivity contribution in [3.63, 3.8) is 0 Å². The lowest BCUT2D eigenvalue weighted by molar-refractivity contribution is -0.167. The van der Waals surface area contributed by atoms with Crippen molar-refractivity contribution >= 4 is 34.3 Å². The molecule has 0 saturated carbocycles. The number of nitrogens with one attached hydrogen (secondary N) is 1. The van der Waals surface area contributed by atoms with Gasteiger partial charge in [-0.3, -0.25) is 9.59 Å². The summed E-state index contributed by atoms with van der Waals surface area (Å²) in [4.78, 5) is 34.7. The summed E-state index contributed by atoms with van der Waals surface area (Å²) < 4.78 is 26.6. The summed E-state index contributed by atoms with van der Waals surface area (Å²) in [5.74, 6) is 0.0775. The first-order valence-corrected chi connectivity index (χ1v) is 14.7. The largest absolute Gasteiger partial charge is 0.490 e. The first-order valence-electron chi connectivity index (χ1n) is 14.3. The summed E-state index contributed by atoms with van der Waals surface area (Å²) in [5, 5.41) is 1.20. The number of para-hydroxylation sites is 1. The molecular formula is C33H33ClFN3O4. The minimum atomic E-state index is -1.31. The van der Waals surface area contributed by atoms with Crippen LogP contribution in [-0.4, -0.2) is 52.9 Å². The molecule has 0 aliphatic carbocycles. The summed E-state index contributed by atoms with van der Waals surface area (Å²) in [6.07, 6.45) is 0.873. The highest BCUT2D eigenvalue weighted by molar-refractivity contribution is 6.31. The maximum atomic E-state index is 14.7.